The van der Waals surface area contributed by atoms with Crippen molar-refractivity contribution < 1.29 is 4.92 Å². The fourth-order valence-electron chi connectivity index (χ4n) is 2.38. The van der Waals surface area contributed by atoms with Crippen molar-refractivity contribution in [3.63, 3.8) is 0 Å². The van der Waals surface area contributed by atoms with Crippen LogP contribution in [0.15, 0.2) is 48.5 Å². The Morgan fingerprint density at radius 3 is 2.47 bits per heavy atom. The van der Waals surface area contributed by atoms with E-state index >= 15 is 0 Å². The van der Waals surface area contributed by atoms with Crippen LogP contribution in [0, 0.1) is 17.0 Å². The number of nitrogens with zero attached hydrogens (tertiary/aromatic N) is 1. The average Bonchev–Trinajstić information content (AvgIpc) is 2.77. The van der Waals surface area contributed by atoms with Crippen molar-refractivity contribution in [1.82, 2.24) is 4.98 Å². The number of aryl methyl sites for hydroxylation is 1. The van der Waals surface area contributed by atoms with Crippen molar-refractivity contribution in [2.45, 2.75) is 6.92 Å². The molecule has 1 N–H and O–H groups in total. The van der Waals surface area contributed by atoms with Crippen LogP contribution in [0.1, 0.15) is 5.56 Å². The van der Waals surface area contributed by atoms with Crippen molar-refractivity contribution in [2.24, 2.45) is 0 Å². The average molecular weight is 252 g/mol. The SMILES string of the molecule is Cc1c(-c2ccccc2)[nH]c2c([N+](=O)[O-])cccc12. The number of hydrogen-bond acceptors (Lipinski definition) is 2. The Hall–Kier alpha value is -2.62. The quantitative estimate of drug-likeness (QED) is 0.552. The zero-order valence-corrected chi connectivity index (χ0v) is 10.4. The Labute approximate surface area is 109 Å². The highest BCUT2D eigenvalue weighted by atomic mass is 16.6. The zero-order chi connectivity index (χ0) is 13.4. The van der Waals surface area contributed by atoms with Crippen molar-refractivity contribution in [3.05, 3.63) is 64.2 Å². The lowest BCUT2D eigenvalue weighted by Crippen LogP contribution is -1.88. The van der Waals surface area contributed by atoms with Gasteiger partial charge in [-0.3, -0.25) is 10.1 Å². The molecule has 4 nitrogen and oxygen atoms in total. The molecule has 94 valence electrons. The number of aromatic nitrogens is 1. The van der Waals surface area contributed by atoms with Crippen LogP contribution in [-0.4, -0.2) is 9.91 Å². The molecule has 3 rings (SSSR count). The van der Waals surface area contributed by atoms with Crippen LogP contribution in [0.4, 0.5) is 5.69 Å². The standard InChI is InChI=1S/C15H12N2O2/c1-10-12-8-5-9-13(17(18)19)15(12)16-14(10)11-6-3-2-4-7-11/h2-9,16H,1H3. The van der Waals surface area contributed by atoms with Gasteiger partial charge in [0.25, 0.3) is 5.69 Å². The fraction of sp³-hybridized carbons (Fsp3) is 0.0667. The molecule has 4 heteroatoms. The zero-order valence-electron chi connectivity index (χ0n) is 10.4. The maximum atomic E-state index is 11.1. The van der Waals surface area contributed by atoms with Gasteiger partial charge in [0.05, 0.1) is 4.92 Å². The molecule has 0 aliphatic carbocycles. The summed E-state index contributed by atoms with van der Waals surface area (Å²) < 4.78 is 0. The van der Waals surface area contributed by atoms with Gasteiger partial charge in [0.1, 0.15) is 5.52 Å². The van der Waals surface area contributed by atoms with Crippen LogP contribution in [0.2, 0.25) is 0 Å². The Balaban J connectivity index is 2.32. The van der Waals surface area contributed by atoms with Crippen molar-refractivity contribution in [1.29, 1.82) is 0 Å². The fourth-order valence-corrected chi connectivity index (χ4v) is 2.38. The second-order valence-electron chi connectivity index (χ2n) is 4.45. The number of benzene rings is 2. The second-order valence-corrected chi connectivity index (χ2v) is 4.45. The molecule has 0 saturated heterocycles. The van der Waals surface area contributed by atoms with Crippen LogP contribution in [0.3, 0.4) is 0 Å². The summed E-state index contributed by atoms with van der Waals surface area (Å²) >= 11 is 0. The molecule has 0 unspecified atom stereocenters. The van der Waals surface area contributed by atoms with E-state index in [1.54, 1.807) is 6.07 Å². The van der Waals surface area contributed by atoms with E-state index in [2.05, 4.69) is 4.98 Å². The maximum absolute atomic E-state index is 11.1. The van der Waals surface area contributed by atoms with E-state index in [4.69, 9.17) is 0 Å². The molecule has 0 aliphatic rings. The number of aromatic amines is 1. The summed E-state index contributed by atoms with van der Waals surface area (Å²) in [6, 6.07) is 15.0. The lowest BCUT2D eigenvalue weighted by Gasteiger charge is -1.98. The molecule has 0 saturated carbocycles. The lowest BCUT2D eigenvalue weighted by atomic mass is 10.1. The summed E-state index contributed by atoms with van der Waals surface area (Å²) in [5.41, 5.74) is 3.70. The van der Waals surface area contributed by atoms with Gasteiger partial charge in [-0.2, -0.15) is 0 Å². The van der Waals surface area contributed by atoms with Gasteiger partial charge in [-0.15, -0.1) is 0 Å². The number of rotatable bonds is 2. The summed E-state index contributed by atoms with van der Waals surface area (Å²) in [6.07, 6.45) is 0. The largest absolute Gasteiger partial charge is 0.349 e. The minimum atomic E-state index is -0.354. The maximum Gasteiger partial charge on any atom is 0.293 e. The van der Waals surface area contributed by atoms with Gasteiger partial charge in [-0.05, 0) is 18.1 Å². The van der Waals surface area contributed by atoms with Gasteiger partial charge in [0, 0.05) is 17.1 Å². The van der Waals surface area contributed by atoms with Crippen LogP contribution >= 0.6 is 0 Å². The van der Waals surface area contributed by atoms with Crippen LogP contribution in [0.5, 0.6) is 0 Å². The van der Waals surface area contributed by atoms with Gasteiger partial charge in [-0.1, -0.05) is 42.5 Å². The highest BCUT2D eigenvalue weighted by Crippen LogP contribution is 2.33. The highest BCUT2D eigenvalue weighted by molar-refractivity contribution is 5.95. The molecule has 0 atom stereocenters. The van der Waals surface area contributed by atoms with Crippen molar-refractivity contribution in [2.75, 3.05) is 0 Å². The molecule has 1 heterocycles. The van der Waals surface area contributed by atoms with Gasteiger partial charge >= 0.3 is 0 Å². The summed E-state index contributed by atoms with van der Waals surface area (Å²) in [6.45, 7) is 1.98. The smallest absolute Gasteiger partial charge is 0.293 e. The molecule has 1 aromatic heterocycles. The van der Waals surface area contributed by atoms with Crippen molar-refractivity contribution in [3.8, 4) is 11.3 Å². The Morgan fingerprint density at radius 1 is 1.05 bits per heavy atom. The minimum Gasteiger partial charge on any atom is -0.349 e. The summed E-state index contributed by atoms with van der Waals surface area (Å²) in [7, 11) is 0. The van der Waals surface area contributed by atoms with Gasteiger partial charge in [-0.25, -0.2) is 0 Å². The first-order valence-electron chi connectivity index (χ1n) is 5.99. The predicted octanol–water partition coefficient (Wildman–Crippen LogP) is 4.05. The summed E-state index contributed by atoms with van der Waals surface area (Å²) in [4.78, 5) is 13.9. The Bertz CT molecular complexity index is 760. The number of para-hydroxylation sites is 1. The molecule has 0 bridgehead atoms. The van der Waals surface area contributed by atoms with Gasteiger partial charge in [0.2, 0.25) is 0 Å². The van der Waals surface area contributed by atoms with E-state index in [9.17, 15) is 10.1 Å². The number of fused-ring (bicyclic) bond motifs is 1. The normalized spacial score (nSPS) is 10.8. The van der Waals surface area contributed by atoms with Gasteiger partial charge < -0.3 is 4.98 Å². The van der Waals surface area contributed by atoms with E-state index < -0.39 is 0 Å². The van der Waals surface area contributed by atoms with Crippen molar-refractivity contribution >= 4 is 16.6 Å². The first-order valence-corrected chi connectivity index (χ1v) is 5.99. The summed E-state index contributed by atoms with van der Waals surface area (Å²) in [5, 5.41) is 12.0. The number of nitro benzene ring substituents is 1. The summed E-state index contributed by atoms with van der Waals surface area (Å²) in [5.74, 6) is 0. The topological polar surface area (TPSA) is 58.9 Å². The number of non-ortho nitro benzene ring substituents is 1. The molecule has 2 aromatic carbocycles. The Morgan fingerprint density at radius 2 is 1.79 bits per heavy atom. The third kappa shape index (κ3) is 1.78. The number of nitro groups is 1. The molecule has 3 aromatic rings. The molecule has 0 aliphatic heterocycles. The van der Waals surface area contributed by atoms with Gasteiger partial charge in [0.15, 0.2) is 0 Å². The minimum absolute atomic E-state index is 0.114. The molecular formula is C15H12N2O2. The number of nitrogens with one attached hydrogen (secondary N) is 1. The first-order chi connectivity index (χ1) is 9.18. The molecule has 19 heavy (non-hydrogen) atoms. The molecule has 0 spiro atoms. The van der Waals surface area contributed by atoms with Crippen LogP contribution in [-0.2, 0) is 0 Å². The Kier molecular flexibility index (Phi) is 2.56. The molecule has 0 radical (unpaired) electrons. The molecular weight excluding hydrogens is 240 g/mol. The number of hydrogen-bond donors (Lipinski definition) is 1. The van der Waals surface area contributed by atoms with Crippen LogP contribution in [0.25, 0.3) is 22.2 Å². The third-order valence-corrected chi connectivity index (χ3v) is 3.33. The predicted molar refractivity (Wildman–Crippen MR) is 75.1 cm³/mol. The van der Waals surface area contributed by atoms with E-state index in [1.165, 1.54) is 6.07 Å². The highest BCUT2D eigenvalue weighted by Gasteiger charge is 2.17. The van der Waals surface area contributed by atoms with E-state index in [0.717, 1.165) is 22.2 Å². The lowest BCUT2D eigenvalue weighted by molar-refractivity contribution is -0.383. The molecule has 0 amide bonds. The van der Waals surface area contributed by atoms with E-state index in [1.807, 2.05) is 43.3 Å². The van der Waals surface area contributed by atoms with Crippen LogP contribution < -0.4 is 0 Å². The molecule has 0 fully saturated rings. The monoisotopic (exact) mass is 252 g/mol. The van der Waals surface area contributed by atoms with E-state index in [0.29, 0.717) is 5.52 Å². The third-order valence-electron chi connectivity index (χ3n) is 3.33. The number of H-pyrrole nitrogens is 1. The van der Waals surface area contributed by atoms with E-state index in [-0.39, 0.29) is 10.6 Å². The second kappa shape index (κ2) is 4.24. The first kappa shape index (κ1) is 11.5.